The van der Waals surface area contributed by atoms with Crippen molar-refractivity contribution in [3.63, 3.8) is 0 Å². The minimum absolute atomic E-state index is 0.137. The van der Waals surface area contributed by atoms with Crippen LogP contribution in [0.2, 0.25) is 0 Å². The third-order valence-corrected chi connectivity index (χ3v) is 4.48. The van der Waals surface area contributed by atoms with E-state index in [1.807, 2.05) is 18.2 Å². The molecule has 0 aliphatic rings. The first-order chi connectivity index (χ1) is 16.1. The van der Waals surface area contributed by atoms with E-state index in [-0.39, 0.29) is 25.6 Å². The van der Waals surface area contributed by atoms with E-state index >= 15 is 0 Å². The van der Waals surface area contributed by atoms with Crippen LogP contribution in [-0.4, -0.2) is 38.2 Å². The Morgan fingerprint density at radius 2 is 1.73 bits per heavy atom. The van der Waals surface area contributed by atoms with Gasteiger partial charge in [-0.15, -0.1) is 0 Å². The van der Waals surface area contributed by atoms with E-state index in [4.69, 9.17) is 9.15 Å². The van der Waals surface area contributed by atoms with Crippen molar-refractivity contribution in [2.75, 3.05) is 11.9 Å². The summed E-state index contributed by atoms with van der Waals surface area (Å²) in [5, 5.41) is 12.9. The zero-order valence-electron chi connectivity index (χ0n) is 17.4. The summed E-state index contributed by atoms with van der Waals surface area (Å²) in [4.78, 5) is 36.7. The number of carbonyl (C=O) groups excluding carboxylic acids is 2. The number of nitrogens with zero attached hydrogens (tertiary/aromatic N) is 4. The molecule has 11 heteroatoms. The van der Waals surface area contributed by atoms with Crippen LogP contribution in [0.3, 0.4) is 0 Å². The standard InChI is InChI=1S/C22H20N6O5/c29-20(23-13-19-7-4-12-32-19)14-27-22(31)28(26-25-27)17-10-8-16(9-11-17)24-21(30)15-33-18-5-2-1-3-6-18/h1-12H,13-15H2,(H,23,29)(H,24,30). The van der Waals surface area contributed by atoms with Gasteiger partial charge in [-0.05, 0) is 59.0 Å². The van der Waals surface area contributed by atoms with Gasteiger partial charge < -0.3 is 19.8 Å². The summed E-state index contributed by atoms with van der Waals surface area (Å²) < 4.78 is 12.6. The molecule has 0 spiro atoms. The Morgan fingerprint density at radius 1 is 0.939 bits per heavy atom. The molecule has 168 valence electrons. The van der Waals surface area contributed by atoms with Crippen molar-refractivity contribution >= 4 is 17.5 Å². The Bertz CT molecular complexity index is 1260. The zero-order valence-corrected chi connectivity index (χ0v) is 17.4. The lowest BCUT2D eigenvalue weighted by Gasteiger charge is -2.08. The van der Waals surface area contributed by atoms with Gasteiger partial charge in [0.2, 0.25) is 5.91 Å². The van der Waals surface area contributed by atoms with Gasteiger partial charge in [0.1, 0.15) is 18.1 Å². The summed E-state index contributed by atoms with van der Waals surface area (Å²) in [6.45, 7) is -0.213. The third kappa shape index (κ3) is 5.73. The summed E-state index contributed by atoms with van der Waals surface area (Å²) >= 11 is 0. The molecule has 0 unspecified atom stereocenters. The number of anilines is 1. The number of para-hydroxylation sites is 1. The molecule has 2 N–H and O–H groups in total. The van der Waals surface area contributed by atoms with Crippen LogP contribution in [0.4, 0.5) is 5.69 Å². The van der Waals surface area contributed by atoms with Gasteiger partial charge in [0, 0.05) is 5.69 Å². The summed E-state index contributed by atoms with van der Waals surface area (Å²) in [5.74, 6) is 0.463. The fraction of sp³-hybridized carbons (Fsp3) is 0.136. The second-order valence-corrected chi connectivity index (χ2v) is 6.88. The summed E-state index contributed by atoms with van der Waals surface area (Å²) in [5.41, 5.74) is 0.384. The summed E-state index contributed by atoms with van der Waals surface area (Å²) in [6, 6.07) is 18.9. The lowest BCUT2D eigenvalue weighted by Crippen LogP contribution is -2.33. The molecule has 4 aromatic rings. The fourth-order valence-corrected chi connectivity index (χ4v) is 2.87. The topological polar surface area (TPSA) is 133 Å². The Labute approximate surface area is 187 Å². The minimum atomic E-state index is -0.573. The first-order valence-electron chi connectivity index (χ1n) is 9.98. The van der Waals surface area contributed by atoms with Gasteiger partial charge in [-0.2, -0.15) is 9.36 Å². The van der Waals surface area contributed by atoms with Gasteiger partial charge in [-0.25, -0.2) is 4.79 Å². The molecule has 0 atom stereocenters. The average molecular weight is 448 g/mol. The van der Waals surface area contributed by atoms with Gasteiger partial charge in [0.25, 0.3) is 5.91 Å². The predicted octanol–water partition coefficient (Wildman–Crippen LogP) is 1.36. The number of hydrogen-bond acceptors (Lipinski definition) is 7. The zero-order chi connectivity index (χ0) is 23.0. The van der Waals surface area contributed by atoms with Crippen LogP contribution in [0.5, 0.6) is 5.75 Å². The monoisotopic (exact) mass is 448 g/mol. The SMILES string of the molecule is O=C(Cn1nnn(-c2ccc(NC(=O)COc3ccccc3)cc2)c1=O)NCc1ccco1. The number of aromatic nitrogens is 4. The number of hydrogen-bond donors (Lipinski definition) is 2. The number of amides is 2. The molecule has 0 saturated carbocycles. The lowest BCUT2D eigenvalue weighted by molar-refractivity contribution is -0.122. The Hall–Kier alpha value is -4.67. The largest absolute Gasteiger partial charge is 0.484 e. The second-order valence-electron chi connectivity index (χ2n) is 6.88. The molecule has 33 heavy (non-hydrogen) atoms. The number of benzene rings is 2. The van der Waals surface area contributed by atoms with Crippen LogP contribution in [-0.2, 0) is 22.7 Å². The first kappa shape index (κ1) is 21.6. The maximum absolute atomic E-state index is 12.5. The summed E-state index contributed by atoms with van der Waals surface area (Å²) in [7, 11) is 0. The highest BCUT2D eigenvalue weighted by Crippen LogP contribution is 2.12. The number of nitrogens with one attached hydrogen (secondary N) is 2. The van der Waals surface area contributed by atoms with E-state index < -0.39 is 11.6 Å². The molecular formula is C22H20N6O5. The molecular weight excluding hydrogens is 428 g/mol. The van der Waals surface area contributed by atoms with Crippen molar-refractivity contribution < 1.29 is 18.7 Å². The van der Waals surface area contributed by atoms with E-state index in [9.17, 15) is 14.4 Å². The maximum Gasteiger partial charge on any atom is 0.368 e. The van der Waals surface area contributed by atoms with E-state index in [1.54, 1.807) is 48.5 Å². The highest BCUT2D eigenvalue weighted by molar-refractivity contribution is 5.91. The van der Waals surface area contributed by atoms with Gasteiger partial charge in [-0.1, -0.05) is 18.2 Å². The molecule has 0 aliphatic heterocycles. The molecule has 4 rings (SSSR count). The molecule has 0 saturated heterocycles. The molecule has 2 heterocycles. The normalized spacial score (nSPS) is 10.5. The Morgan fingerprint density at radius 3 is 2.45 bits per heavy atom. The van der Waals surface area contributed by atoms with Crippen molar-refractivity contribution in [1.82, 2.24) is 25.1 Å². The quantitative estimate of drug-likeness (QED) is 0.395. The van der Waals surface area contributed by atoms with Crippen molar-refractivity contribution in [2.45, 2.75) is 13.1 Å². The number of tetrazole rings is 1. The fourth-order valence-electron chi connectivity index (χ4n) is 2.87. The van der Waals surface area contributed by atoms with Gasteiger partial charge >= 0.3 is 5.69 Å². The van der Waals surface area contributed by atoms with Gasteiger partial charge in [-0.3, -0.25) is 9.59 Å². The van der Waals surface area contributed by atoms with Crippen LogP contribution in [0.25, 0.3) is 5.69 Å². The number of furan rings is 1. The molecule has 0 aliphatic carbocycles. The molecule has 2 amide bonds. The summed E-state index contributed by atoms with van der Waals surface area (Å²) in [6.07, 6.45) is 1.51. The third-order valence-electron chi connectivity index (χ3n) is 4.48. The molecule has 0 fully saturated rings. The number of ether oxygens (including phenoxy) is 1. The molecule has 0 bridgehead atoms. The Kier molecular flexibility index (Phi) is 6.59. The van der Waals surface area contributed by atoms with Crippen molar-refractivity contribution in [3.8, 4) is 11.4 Å². The average Bonchev–Trinajstić information content (AvgIpc) is 3.48. The lowest BCUT2D eigenvalue weighted by atomic mass is 10.3. The van der Waals surface area contributed by atoms with E-state index in [1.165, 1.54) is 6.26 Å². The van der Waals surface area contributed by atoms with Crippen LogP contribution >= 0.6 is 0 Å². The smallest absolute Gasteiger partial charge is 0.368 e. The van der Waals surface area contributed by atoms with Gasteiger partial charge in [0.05, 0.1) is 18.5 Å². The van der Waals surface area contributed by atoms with E-state index in [0.717, 1.165) is 9.36 Å². The maximum atomic E-state index is 12.5. The van der Waals surface area contributed by atoms with Gasteiger partial charge in [0.15, 0.2) is 6.61 Å². The van der Waals surface area contributed by atoms with Crippen molar-refractivity contribution in [2.24, 2.45) is 0 Å². The first-order valence-corrected chi connectivity index (χ1v) is 9.98. The van der Waals surface area contributed by atoms with Crippen LogP contribution in [0.1, 0.15) is 5.76 Å². The molecule has 2 aromatic carbocycles. The molecule has 0 radical (unpaired) electrons. The van der Waals surface area contributed by atoms with Crippen LogP contribution < -0.4 is 21.1 Å². The van der Waals surface area contributed by atoms with E-state index in [0.29, 0.717) is 22.9 Å². The molecule has 11 nitrogen and oxygen atoms in total. The van der Waals surface area contributed by atoms with Crippen molar-refractivity contribution in [1.29, 1.82) is 0 Å². The second kappa shape index (κ2) is 10.1. The van der Waals surface area contributed by atoms with Crippen LogP contribution in [0, 0.1) is 0 Å². The molecule has 2 aromatic heterocycles. The highest BCUT2D eigenvalue weighted by Gasteiger charge is 2.13. The van der Waals surface area contributed by atoms with Crippen molar-refractivity contribution in [3.05, 3.63) is 89.2 Å². The minimum Gasteiger partial charge on any atom is -0.484 e. The predicted molar refractivity (Wildman–Crippen MR) is 117 cm³/mol. The Balaban J connectivity index is 1.32. The number of rotatable bonds is 9. The van der Waals surface area contributed by atoms with E-state index in [2.05, 4.69) is 21.1 Å². The highest BCUT2D eigenvalue weighted by atomic mass is 16.5. The van der Waals surface area contributed by atoms with Crippen LogP contribution in [0.15, 0.2) is 82.2 Å². The number of carbonyl (C=O) groups is 2.